The number of alkyl halides is 1. The van der Waals surface area contributed by atoms with E-state index in [1.165, 1.54) is 12.0 Å². The van der Waals surface area contributed by atoms with Gasteiger partial charge >= 0.3 is 0 Å². The van der Waals surface area contributed by atoms with E-state index in [1.807, 2.05) is 0 Å². The van der Waals surface area contributed by atoms with Crippen molar-refractivity contribution in [1.82, 2.24) is 20.2 Å². The number of benzene rings is 1. The molecule has 2 amide bonds. The SMILES string of the molecule is COCCC(=O)N1C[C@H](F)C[C@H](NC(=O)c2nc3ccccc3c(=O)[nH]2)C1. The van der Waals surface area contributed by atoms with Crippen LogP contribution in [-0.4, -0.2) is 65.7 Å². The molecule has 0 aliphatic carbocycles. The molecule has 0 spiro atoms. The fourth-order valence-corrected chi connectivity index (χ4v) is 3.14. The van der Waals surface area contributed by atoms with Gasteiger partial charge in [0.05, 0.1) is 30.5 Å². The zero-order chi connectivity index (χ0) is 19.4. The van der Waals surface area contributed by atoms with E-state index in [0.29, 0.717) is 10.9 Å². The van der Waals surface area contributed by atoms with Gasteiger partial charge in [-0.2, -0.15) is 0 Å². The molecule has 2 atom stereocenters. The number of para-hydroxylation sites is 1. The highest BCUT2D eigenvalue weighted by Gasteiger charge is 2.31. The average Bonchev–Trinajstić information content (AvgIpc) is 2.65. The predicted molar refractivity (Wildman–Crippen MR) is 96.2 cm³/mol. The Morgan fingerprint density at radius 1 is 1.37 bits per heavy atom. The number of carbonyl (C=O) groups is 2. The zero-order valence-electron chi connectivity index (χ0n) is 14.9. The Morgan fingerprint density at radius 3 is 2.93 bits per heavy atom. The van der Waals surface area contributed by atoms with E-state index >= 15 is 0 Å². The molecule has 1 fully saturated rings. The zero-order valence-corrected chi connectivity index (χ0v) is 14.9. The summed E-state index contributed by atoms with van der Waals surface area (Å²) < 4.78 is 18.9. The summed E-state index contributed by atoms with van der Waals surface area (Å²) in [5.74, 6) is -0.978. The highest BCUT2D eigenvalue weighted by molar-refractivity contribution is 5.92. The summed E-state index contributed by atoms with van der Waals surface area (Å²) >= 11 is 0. The van der Waals surface area contributed by atoms with Crippen LogP contribution in [0.3, 0.4) is 0 Å². The first-order valence-corrected chi connectivity index (χ1v) is 8.68. The van der Waals surface area contributed by atoms with Crippen LogP contribution in [0.2, 0.25) is 0 Å². The third-order valence-electron chi connectivity index (χ3n) is 4.44. The first kappa shape index (κ1) is 19.0. The number of aromatic nitrogens is 2. The molecule has 1 aliphatic rings. The molecule has 2 heterocycles. The van der Waals surface area contributed by atoms with Crippen molar-refractivity contribution in [3.8, 4) is 0 Å². The Morgan fingerprint density at radius 2 is 2.15 bits per heavy atom. The molecule has 0 unspecified atom stereocenters. The normalized spacial score (nSPS) is 19.9. The molecular formula is C18H21FN4O4. The minimum Gasteiger partial charge on any atom is -0.384 e. The molecule has 9 heteroatoms. The maximum Gasteiger partial charge on any atom is 0.287 e. The van der Waals surface area contributed by atoms with Crippen molar-refractivity contribution in [3.63, 3.8) is 0 Å². The number of aromatic amines is 1. The number of nitrogens with one attached hydrogen (secondary N) is 2. The van der Waals surface area contributed by atoms with E-state index in [2.05, 4.69) is 15.3 Å². The summed E-state index contributed by atoms with van der Waals surface area (Å²) in [5, 5.41) is 3.04. The molecule has 144 valence electrons. The van der Waals surface area contributed by atoms with E-state index in [-0.39, 0.29) is 44.3 Å². The summed E-state index contributed by atoms with van der Waals surface area (Å²) in [4.78, 5) is 44.6. The van der Waals surface area contributed by atoms with Crippen molar-refractivity contribution in [1.29, 1.82) is 0 Å². The largest absolute Gasteiger partial charge is 0.384 e. The molecule has 0 saturated carbocycles. The molecule has 0 bridgehead atoms. The topological polar surface area (TPSA) is 104 Å². The van der Waals surface area contributed by atoms with Crippen LogP contribution in [0.5, 0.6) is 0 Å². The number of methoxy groups -OCH3 is 1. The van der Waals surface area contributed by atoms with Crippen molar-refractivity contribution in [2.45, 2.75) is 25.1 Å². The molecule has 1 aliphatic heterocycles. The second-order valence-electron chi connectivity index (χ2n) is 6.48. The molecule has 1 saturated heterocycles. The number of piperidine rings is 1. The van der Waals surface area contributed by atoms with Crippen molar-refractivity contribution in [3.05, 3.63) is 40.4 Å². The van der Waals surface area contributed by atoms with Gasteiger partial charge in [0.1, 0.15) is 6.17 Å². The number of carbonyl (C=O) groups excluding carboxylic acids is 2. The maximum atomic E-state index is 14.0. The van der Waals surface area contributed by atoms with Gasteiger partial charge < -0.3 is 19.9 Å². The molecule has 8 nitrogen and oxygen atoms in total. The molecule has 27 heavy (non-hydrogen) atoms. The number of hydrogen-bond donors (Lipinski definition) is 2. The van der Waals surface area contributed by atoms with E-state index in [0.717, 1.165) is 0 Å². The number of ether oxygens (including phenoxy) is 1. The van der Waals surface area contributed by atoms with Gasteiger partial charge in [0.2, 0.25) is 5.91 Å². The molecule has 1 aromatic heterocycles. The van der Waals surface area contributed by atoms with Crippen LogP contribution in [0.25, 0.3) is 10.9 Å². The summed E-state index contributed by atoms with van der Waals surface area (Å²) in [6.07, 6.45) is -0.986. The minimum absolute atomic E-state index is 0.0000240. The lowest BCUT2D eigenvalue weighted by Gasteiger charge is -2.35. The van der Waals surface area contributed by atoms with Crippen LogP contribution in [-0.2, 0) is 9.53 Å². The molecule has 0 radical (unpaired) electrons. The number of amides is 2. The summed E-state index contributed by atoms with van der Waals surface area (Å²) in [7, 11) is 1.49. The number of hydrogen-bond acceptors (Lipinski definition) is 5. The second-order valence-corrected chi connectivity index (χ2v) is 6.48. The van der Waals surface area contributed by atoms with E-state index in [9.17, 15) is 18.8 Å². The van der Waals surface area contributed by atoms with Crippen LogP contribution in [0.4, 0.5) is 4.39 Å². The minimum atomic E-state index is -1.24. The fraction of sp³-hybridized carbons (Fsp3) is 0.444. The lowest BCUT2D eigenvalue weighted by atomic mass is 10.0. The molecule has 2 N–H and O–H groups in total. The Labute approximate surface area is 154 Å². The van der Waals surface area contributed by atoms with Crippen molar-refractivity contribution >= 4 is 22.7 Å². The number of nitrogens with zero attached hydrogens (tertiary/aromatic N) is 2. The predicted octanol–water partition coefficient (Wildman–Crippen LogP) is 0.628. The lowest BCUT2D eigenvalue weighted by Crippen LogP contribution is -2.53. The van der Waals surface area contributed by atoms with Gasteiger partial charge in [-0.15, -0.1) is 0 Å². The summed E-state index contributed by atoms with van der Waals surface area (Å²) in [5.41, 5.74) is -0.0242. The van der Waals surface area contributed by atoms with Crippen LogP contribution >= 0.6 is 0 Å². The van der Waals surface area contributed by atoms with Crippen LogP contribution in [0.1, 0.15) is 23.5 Å². The van der Waals surface area contributed by atoms with E-state index < -0.39 is 23.7 Å². The van der Waals surface area contributed by atoms with Gasteiger partial charge in [0.25, 0.3) is 11.5 Å². The quantitative estimate of drug-likeness (QED) is 0.796. The van der Waals surface area contributed by atoms with Gasteiger partial charge in [0.15, 0.2) is 5.82 Å². The molecule has 3 rings (SSSR count). The highest BCUT2D eigenvalue weighted by Crippen LogP contribution is 2.15. The summed E-state index contributed by atoms with van der Waals surface area (Å²) in [6.45, 7) is 0.456. The van der Waals surface area contributed by atoms with Gasteiger partial charge in [-0.05, 0) is 12.1 Å². The Bertz CT molecular complexity index is 900. The van der Waals surface area contributed by atoms with Gasteiger partial charge in [-0.25, -0.2) is 9.37 Å². The highest BCUT2D eigenvalue weighted by atomic mass is 19.1. The van der Waals surface area contributed by atoms with Gasteiger partial charge in [-0.3, -0.25) is 14.4 Å². The lowest BCUT2D eigenvalue weighted by molar-refractivity contribution is -0.134. The Balaban J connectivity index is 1.71. The van der Waals surface area contributed by atoms with Crippen LogP contribution < -0.4 is 10.9 Å². The fourth-order valence-electron chi connectivity index (χ4n) is 3.14. The monoisotopic (exact) mass is 376 g/mol. The number of likely N-dealkylation sites (tertiary alicyclic amines) is 1. The number of halogens is 1. The third kappa shape index (κ3) is 4.48. The number of H-pyrrole nitrogens is 1. The number of rotatable bonds is 5. The van der Waals surface area contributed by atoms with Crippen molar-refractivity contribution in [2.75, 3.05) is 26.8 Å². The second kappa shape index (κ2) is 8.26. The van der Waals surface area contributed by atoms with Gasteiger partial charge in [-0.1, -0.05) is 12.1 Å². The van der Waals surface area contributed by atoms with Gasteiger partial charge in [0, 0.05) is 26.1 Å². The first-order valence-electron chi connectivity index (χ1n) is 8.68. The third-order valence-corrected chi connectivity index (χ3v) is 4.44. The first-order chi connectivity index (χ1) is 13.0. The smallest absolute Gasteiger partial charge is 0.287 e. The molecule has 2 aromatic rings. The standard InChI is InChI=1S/C18H21FN4O4/c1-27-7-6-15(24)23-9-11(19)8-12(10-23)20-18(26)16-21-14-5-3-2-4-13(14)17(25)22-16/h2-5,11-12H,6-10H2,1H3,(H,20,26)(H,21,22,25)/t11-,12+/m1/s1. The van der Waals surface area contributed by atoms with E-state index in [1.54, 1.807) is 24.3 Å². The Kier molecular flexibility index (Phi) is 5.80. The maximum absolute atomic E-state index is 14.0. The van der Waals surface area contributed by atoms with E-state index in [4.69, 9.17) is 4.74 Å². The average molecular weight is 376 g/mol. The van der Waals surface area contributed by atoms with Crippen LogP contribution in [0.15, 0.2) is 29.1 Å². The van der Waals surface area contributed by atoms with Crippen molar-refractivity contribution < 1.29 is 18.7 Å². The molecule has 1 aromatic carbocycles. The number of fused-ring (bicyclic) bond motifs is 1. The van der Waals surface area contributed by atoms with Crippen LogP contribution in [0, 0.1) is 0 Å². The van der Waals surface area contributed by atoms with Crippen molar-refractivity contribution in [2.24, 2.45) is 0 Å². The Hall–Kier alpha value is -2.81. The molecular weight excluding hydrogens is 355 g/mol. The summed E-state index contributed by atoms with van der Waals surface area (Å²) in [6, 6.07) is 6.10.